The minimum atomic E-state index is 0.0915. The molecular weight excluding hydrogens is 258 g/mol. The number of rotatable bonds is 3. The van der Waals surface area contributed by atoms with Crippen molar-refractivity contribution in [2.75, 3.05) is 5.32 Å². The van der Waals surface area contributed by atoms with Crippen molar-refractivity contribution in [3.05, 3.63) is 58.4 Å². The molecule has 2 aromatic rings. The molecule has 96 valence electrons. The van der Waals surface area contributed by atoms with Crippen LogP contribution in [-0.4, -0.2) is 4.98 Å². The van der Waals surface area contributed by atoms with Gasteiger partial charge in [0, 0.05) is 12.2 Å². The first kappa shape index (κ1) is 13.4. The molecule has 0 fully saturated rings. The average Bonchev–Trinajstić information content (AvgIpc) is 2.43. The largest absolute Gasteiger partial charge is 0.376 e. The van der Waals surface area contributed by atoms with Crippen molar-refractivity contribution in [1.29, 1.82) is 5.26 Å². The molecule has 0 bridgehead atoms. The highest BCUT2D eigenvalue weighted by Crippen LogP contribution is 2.25. The van der Waals surface area contributed by atoms with E-state index in [1.807, 2.05) is 44.2 Å². The Morgan fingerprint density at radius 3 is 2.63 bits per heavy atom. The molecule has 0 aliphatic rings. The topological polar surface area (TPSA) is 48.7 Å². The standard InChI is InChI=1S/C15H14ClN3/c1-10-7-14(15(16)18-9-10)19-11(2)13-5-3-12(8-17)4-6-13/h3-7,9,11,19H,1-2H3. The molecule has 0 amide bonds. The van der Waals surface area contributed by atoms with Gasteiger partial charge in [0.15, 0.2) is 5.15 Å². The Hall–Kier alpha value is -2.05. The van der Waals surface area contributed by atoms with Gasteiger partial charge < -0.3 is 5.32 Å². The fraction of sp³-hybridized carbons (Fsp3) is 0.200. The highest BCUT2D eigenvalue weighted by Gasteiger charge is 2.08. The monoisotopic (exact) mass is 271 g/mol. The highest BCUT2D eigenvalue weighted by molar-refractivity contribution is 6.31. The van der Waals surface area contributed by atoms with E-state index in [0.717, 1.165) is 16.8 Å². The Bertz CT molecular complexity index is 614. The van der Waals surface area contributed by atoms with Crippen molar-refractivity contribution in [1.82, 2.24) is 4.98 Å². The van der Waals surface area contributed by atoms with Crippen molar-refractivity contribution in [2.24, 2.45) is 0 Å². The Labute approximate surface area is 117 Å². The summed E-state index contributed by atoms with van der Waals surface area (Å²) in [6, 6.07) is 11.7. The number of nitrogens with one attached hydrogen (secondary N) is 1. The van der Waals surface area contributed by atoms with Crippen LogP contribution < -0.4 is 5.32 Å². The van der Waals surface area contributed by atoms with Gasteiger partial charge in [-0.25, -0.2) is 4.98 Å². The third-order valence-corrected chi connectivity index (χ3v) is 3.19. The van der Waals surface area contributed by atoms with Gasteiger partial charge in [-0.05, 0) is 43.2 Å². The summed E-state index contributed by atoms with van der Waals surface area (Å²) in [7, 11) is 0. The van der Waals surface area contributed by atoms with Crippen molar-refractivity contribution >= 4 is 17.3 Å². The van der Waals surface area contributed by atoms with Gasteiger partial charge in [-0.3, -0.25) is 0 Å². The van der Waals surface area contributed by atoms with E-state index in [2.05, 4.69) is 16.4 Å². The van der Waals surface area contributed by atoms with Gasteiger partial charge in [0.2, 0.25) is 0 Å². The molecule has 0 radical (unpaired) electrons. The summed E-state index contributed by atoms with van der Waals surface area (Å²) in [5.41, 5.74) is 3.63. The zero-order valence-corrected chi connectivity index (χ0v) is 11.6. The second-order valence-electron chi connectivity index (χ2n) is 4.45. The molecule has 1 N–H and O–H groups in total. The van der Waals surface area contributed by atoms with E-state index in [0.29, 0.717) is 10.7 Å². The molecule has 19 heavy (non-hydrogen) atoms. The molecule has 3 nitrogen and oxygen atoms in total. The third-order valence-electron chi connectivity index (χ3n) is 2.89. The lowest BCUT2D eigenvalue weighted by atomic mass is 10.1. The number of halogens is 1. The van der Waals surface area contributed by atoms with Crippen LogP contribution in [0.2, 0.25) is 5.15 Å². The molecule has 1 aromatic carbocycles. The van der Waals surface area contributed by atoms with Crippen LogP contribution in [0.1, 0.15) is 29.7 Å². The first-order chi connectivity index (χ1) is 9.10. The number of hydrogen-bond acceptors (Lipinski definition) is 3. The van der Waals surface area contributed by atoms with E-state index >= 15 is 0 Å². The fourth-order valence-corrected chi connectivity index (χ4v) is 1.97. The number of nitrogens with zero attached hydrogens (tertiary/aromatic N) is 2. The summed E-state index contributed by atoms with van der Waals surface area (Å²) >= 11 is 6.06. The molecule has 1 heterocycles. The van der Waals surface area contributed by atoms with E-state index in [9.17, 15) is 0 Å². The molecule has 4 heteroatoms. The van der Waals surface area contributed by atoms with Crippen molar-refractivity contribution in [3.63, 3.8) is 0 Å². The number of benzene rings is 1. The summed E-state index contributed by atoms with van der Waals surface area (Å²) < 4.78 is 0. The fourth-order valence-electron chi connectivity index (χ4n) is 1.82. The maximum absolute atomic E-state index is 8.78. The predicted octanol–water partition coefficient (Wildman–Crippen LogP) is 4.09. The Morgan fingerprint density at radius 2 is 2.00 bits per heavy atom. The number of aryl methyl sites for hydroxylation is 1. The Kier molecular flexibility index (Phi) is 4.03. The lowest BCUT2D eigenvalue weighted by molar-refractivity contribution is 0.882. The van der Waals surface area contributed by atoms with Crippen LogP contribution in [0.25, 0.3) is 0 Å². The normalized spacial score (nSPS) is 11.7. The van der Waals surface area contributed by atoms with Gasteiger partial charge in [0.05, 0.1) is 17.3 Å². The maximum atomic E-state index is 8.78. The second kappa shape index (κ2) is 5.73. The van der Waals surface area contributed by atoms with Crippen LogP contribution in [0.5, 0.6) is 0 Å². The van der Waals surface area contributed by atoms with E-state index in [1.54, 1.807) is 6.20 Å². The molecule has 1 unspecified atom stereocenters. The van der Waals surface area contributed by atoms with E-state index in [-0.39, 0.29) is 6.04 Å². The average molecular weight is 272 g/mol. The summed E-state index contributed by atoms with van der Waals surface area (Å²) in [5, 5.41) is 12.6. The quantitative estimate of drug-likeness (QED) is 0.856. The number of anilines is 1. The number of nitriles is 1. The first-order valence-electron chi connectivity index (χ1n) is 5.99. The number of hydrogen-bond donors (Lipinski definition) is 1. The molecular formula is C15H14ClN3. The minimum Gasteiger partial charge on any atom is -0.376 e. The van der Waals surface area contributed by atoms with Crippen LogP contribution in [0.4, 0.5) is 5.69 Å². The Morgan fingerprint density at radius 1 is 1.32 bits per heavy atom. The van der Waals surface area contributed by atoms with E-state index in [1.165, 1.54) is 0 Å². The van der Waals surface area contributed by atoms with Crippen LogP contribution in [-0.2, 0) is 0 Å². The molecule has 0 aliphatic heterocycles. The van der Waals surface area contributed by atoms with Gasteiger partial charge >= 0.3 is 0 Å². The van der Waals surface area contributed by atoms with Crippen LogP contribution in [0, 0.1) is 18.3 Å². The number of pyridine rings is 1. The molecule has 1 atom stereocenters. The van der Waals surface area contributed by atoms with Crippen LogP contribution in [0.15, 0.2) is 36.5 Å². The maximum Gasteiger partial charge on any atom is 0.152 e. The molecule has 1 aromatic heterocycles. The van der Waals surface area contributed by atoms with Crippen molar-refractivity contribution in [2.45, 2.75) is 19.9 Å². The molecule has 0 spiro atoms. The van der Waals surface area contributed by atoms with Gasteiger partial charge in [0.25, 0.3) is 0 Å². The van der Waals surface area contributed by atoms with Crippen molar-refractivity contribution in [3.8, 4) is 6.07 Å². The van der Waals surface area contributed by atoms with Gasteiger partial charge in [-0.2, -0.15) is 5.26 Å². The first-order valence-corrected chi connectivity index (χ1v) is 6.36. The van der Waals surface area contributed by atoms with Gasteiger partial charge in [-0.15, -0.1) is 0 Å². The minimum absolute atomic E-state index is 0.0915. The lowest BCUT2D eigenvalue weighted by Crippen LogP contribution is -2.07. The zero-order valence-electron chi connectivity index (χ0n) is 10.8. The highest BCUT2D eigenvalue weighted by atomic mass is 35.5. The van der Waals surface area contributed by atoms with Gasteiger partial charge in [0.1, 0.15) is 0 Å². The molecule has 2 rings (SSSR count). The van der Waals surface area contributed by atoms with Crippen LogP contribution in [0.3, 0.4) is 0 Å². The smallest absolute Gasteiger partial charge is 0.152 e. The second-order valence-corrected chi connectivity index (χ2v) is 4.81. The summed E-state index contributed by atoms with van der Waals surface area (Å²) in [4.78, 5) is 4.11. The predicted molar refractivity (Wildman–Crippen MR) is 77.2 cm³/mol. The summed E-state index contributed by atoms with van der Waals surface area (Å²) in [6.45, 7) is 4.01. The third kappa shape index (κ3) is 3.24. The summed E-state index contributed by atoms with van der Waals surface area (Å²) in [6.07, 6.45) is 1.74. The summed E-state index contributed by atoms with van der Waals surface area (Å²) in [5.74, 6) is 0. The Balaban J connectivity index is 2.18. The molecule has 0 saturated heterocycles. The number of aromatic nitrogens is 1. The van der Waals surface area contributed by atoms with E-state index in [4.69, 9.17) is 16.9 Å². The van der Waals surface area contributed by atoms with Crippen molar-refractivity contribution < 1.29 is 0 Å². The zero-order chi connectivity index (χ0) is 13.8. The molecule has 0 aliphatic carbocycles. The SMILES string of the molecule is Cc1cnc(Cl)c(NC(C)c2ccc(C#N)cc2)c1. The van der Waals surface area contributed by atoms with Gasteiger partial charge in [-0.1, -0.05) is 23.7 Å². The van der Waals surface area contributed by atoms with Crippen LogP contribution >= 0.6 is 11.6 Å². The van der Waals surface area contributed by atoms with E-state index < -0.39 is 0 Å². The lowest BCUT2D eigenvalue weighted by Gasteiger charge is -2.16. The molecule has 0 saturated carbocycles.